The van der Waals surface area contributed by atoms with E-state index in [0.717, 1.165) is 11.4 Å². The fourth-order valence-corrected chi connectivity index (χ4v) is 2.71. The second-order valence-corrected chi connectivity index (χ2v) is 5.50. The smallest absolute Gasteiger partial charge is 0.308 e. The molecule has 0 saturated heterocycles. The summed E-state index contributed by atoms with van der Waals surface area (Å²) in [5.41, 5.74) is 0.691. The summed E-state index contributed by atoms with van der Waals surface area (Å²) in [6, 6.07) is 0. The van der Waals surface area contributed by atoms with Crippen LogP contribution >= 0.6 is 11.3 Å². The molecule has 2 heterocycles. The highest BCUT2D eigenvalue weighted by molar-refractivity contribution is 7.15. The number of rotatable bonds is 7. The predicted molar refractivity (Wildman–Crippen MR) is 75.8 cm³/mol. The lowest BCUT2D eigenvalue weighted by molar-refractivity contribution is -0.141. The minimum atomic E-state index is -0.866. The van der Waals surface area contributed by atoms with Crippen LogP contribution in [0.5, 0.6) is 0 Å². The van der Waals surface area contributed by atoms with Crippen molar-refractivity contribution in [2.75, 3.05) is 6.54 Å². The molecule has 0 fully saturated rings. The topological polar surface area (TPSA) is 83.7 Å². The van der Waals surface area contributed by atoms with Crippen LogP contribution in [0.2, 0.25) is 0 Å². The van der Waals surface area contributed by atoms with Gasteiger partial charge in [0.05, 0.1) is 18.0 Å². The zero-order chi connectivity index (χ0) is 14.5. The van der Waals surface area contributed by atoms with Crippen LogP contribution in [-0.4, -0.2) is 32.9 Å². The van der Waals surface area contributed by atoms with E-state index in [-0.39, 0.29) is 18.9 Å². The Bertz CT molecular complexity index is 576. The Morgan fingerprint density at radius 1 is 1.55 bits per heavy atom. The van der Waals surface area contributed by atoms with Gasteiger partial charge in [0.1, 0.15) is 0 Å². The summed E-state index contributed by atoms with van der Waals surface area (Å²) in [4.78, 5) is 27.9. The molecule has 7 heteroatoms. The van der Waals surface area contributed by atoms with Crippen LogP contribution in [0.1, 0.15) is 25.5 Å². The molecule has 0 aromatic carbocycles. The lowest BCUT2D eigenvalue weighted by Crippen LogP contribution is -2.33. The van der Waals surface area contributed by atoms with E-state index in [9.17, 15) is 9.59 Å². The summed E-state index contributed by atoms with van der Waals surface area (Å²) < 4.78 is 1.87. The van der Waals surface area contributed by atoms with Crippen LogP contribution in [0.25, 0.3) is 4.96 Å². The third kappa shape index (κ3) is 3.57. The number of nitrogens with one attached hydrogen (secondary N) is 1. The third-order valence-corrected chi connectivity index (χ3v) is 3.79. The number of thiazole rings is 1. The van der Waals surface area contributed by atoms with E-state index in [0.29, 0.717) is 12.1 Å². The summed E-state index contributed by atoms with van der Waals surface area (Å²) in [5, 5.41) is 13.6. The van der Waals surface area contributed by atoms with Crippen LogP contribution in [-0.2, 0) is 16.0 Å². The van der Waals surface area contributed by atoms with Gasteiger partial charge in [0.2, 0.25) is 5.91 Å². The standard InChI is InChI=1S/C13H17N3O3S/c1-2-3-9(12(18)19)7-14-11(17)6-10-8-16-4-5-20-13(16)15-10/h4-5,8-9H,2-3,6-7H2,1H3,(H,14,17)(H,18,19). The quantitative estimate of drug-likeness (QED) is 0.812. The zero-order valence-electron chi connectivity index (χ0n) is 11.2. The minimum Gasteiger partial charge on any atom is -0.481 e. The summed E-state index contributed by atoms with van der Waals surface area (Å²) >= 11 is 1.51. The first-order valence-electron chi connectivity index (χ1n) is 6.50. The van der Waals surface area contributed by atoms with Crippen molar-refractivity contribution in [1.29, 1.82) is 0 Å². The van der Waals surface area contributed by atoms with E-state index in [1.165, 1.54) is 11.3 Å². The molecule has 0 radical (unpaired) electrons. The largest absolute Gasteiger partial charge is 0.481 e. The van der Waals surface area contributed by atoms with Crippen molar-refractivity contribution in [3.8, 4) is 0 Å². The number of carbonyl (C=O) groups excluding carboxylic acids is 1. The molecular weight excluding hydrogens is 278 g/mol. The Labute approximate surface area is 120 Å². The van der Waals surface area contributed by atoms with Gasteiger partial charge in [0, 0.05) is 24.3 Å². The van der Waals surface area contributed by atoms with Crippen molar-refractivity contribution >= 4 is 28.2 Å². The fourth-order valence-electron chi connectivity index (χ4n) is 1.99. The summed E-state index contributed by atoms with van der Waals surface area (Å²) in [5.74, 6) is -1.58. The molecule has 0 aliphatic rings. The molecular formula is C13H17N3O3S. The van der Waals surface area contributed by atoms with Gasteiger partial charge >= 0.3 is 5.97 Å². The molecule has 0 bridgehead atoms. The summed E-state index contributed by atoms with van der Waals surface area (Å²) in [6.07, 6.45) is 5.22. The molecule has 108 valence electrons. The zero-order valence-corrected chi connectivity index (χ0v) is 12.0. The van der Waals surface area contributed by atoms with Crippen LogP contribution in [0.3, 0.4) is 0 Å². The maximum Gasteiger partial charge on any atom is 0.308 e. The highest BCUT2D eigenvalue weighted by Crippen LogP contribution is 2.11. The number of hydrogen-bond acceptors (Lipinski definition) is 4. The van der Waals surface area contributed by atoms with Crippen LogP contribution in [0.15, 0.2) is 17.8 Å². The van der Waals surface area contributed by atoms with Gasteiger partial charge in [-0.05, 0) is 6.42 Å². The molecule has 0 spiro atoms. The Balaban J connectivity index is 1.85. The van der Waals surface area contributed by atoms with Gasteiger partial charge in [-0.25, -0.2) is 4.98 Å². The molecule has 2 rings (SSSR count). The number of aliphatic carboxylic acids is 1. The highest BCUT2D eigenvalue weighted by atomic mass is 32.1. The number of imidazole rings is 1. The normalized spacial score (nSPS) is 12.4. The fraction of sp³-hybridized carbons (Fsp3) is 0.462. The molecule has 20 heavy (non-hydrogen) atoms. The Hall–Kier alpha value is -1.89. The van der Waals surface area contributed by atoms with Gasteiger partial charge in [-0.1, -0.05) is 13.3 Å². The van der Waals surface area contributed by atoms with E-state index in [1.54, 1.807) is 0 Å². The van der Waals surface area contributed by atoms with E-state index in [1.807, 2.05) is 29.1 Å². The number of hydrogen-bond donors (Lipinski definition) is 2. The van der Waals surface area contributed by atoms with E-state index >= 15 is 0 Å². The maximum absolute atomic E-state index is 11.8. The molecule has 0 saturated carbocycles. The third-order valence-electron chi connectivity index (χ3n) is 3.02. The lowest BCUT2D eigenvalue weighted by Gasteiger charge is -2.11. The average Bonchev–Trinajstić information content (AvgIpc) is 2.94. The Morgan fingerprint density at radius 3 is 3.00 bits per heavy atom. The number of nitrogens with zero attached hydrogens (tertiary/aromatic N) is 2. The molecule has 2 N–H and O–H groups in total. The first-order chi connectivity index (χ1) is 9.60. The summed E-state index contributed by atoms with van der Waals surface area (Å²) in [6.45, 7) is 2.10. The highest BCUT2D eigenvalue weighted by Gasteiger charge is 2.17. The van der Waals surface area contributed by atoms with Gasteiger partial charge in [0.15, 0.2) is 4.96 Å². The van der Waals surface area contributed by atoms with Crippen molar-refractivity contribution in [3.63, 3.8) is 0 Å². The molecule has 1 amide bonds. The van der Waals surface area contributed by atoms with Gasteiger partial charge in [-0.15, -0.1) is 11.3 Å². The molecule has 6 nitrogen and oxygen atoms in total. The first kappa shape index (κ1) is 14.5. The van der Waals surface area contributed by atoms with E-state index in [2.05, 4.69) is 10.3 Å². The van der Waals surface area contributed by atoms with Crippen molar-refractivity contribution in [2.24, 2.45) is 5.92 Å². The molecule has 2 aromatic heterocycles. The van der Waals surface area contributed by atoms with Crippen molar-refractivity contribution in [2.45, 2.75) is 26.2 Å². The molecule has 0 aliphatic heterocycles. The first-order valence-corrected chi connectivity index (χ1v) is 7.38. The van der Waals surface area contributed by atoms with Crippen molar-refractivity contribution in [3.05, 3.63) is 23.5 Å². The van der Waals surface area contributed by atoms with Crippen LogP contribution in [0.4, 0.5) is 0 Å². The number of carboxylic acids is 1. The van der Waals surface area contributed by atoms with Gasteiger partial charge in [-0.3, -0.25) is 14.0 Å². The lowest BCUT2D eigenvalue weighted by atomic mass is 10.0. The maximum atomic E-state index is 11.8. The monoisotopic (exact) mass is 295 g/mol. The second-order valence-electron chi connectivity index (χ2n) is 4.63. The van der Waals surface area contributed by atoms with E-state index in [4.69, 9.17) is 5.11 Å². The number of fused-ring (bicyclic) bond motifs is 1. The van der Waals surface area contributed by atoms with Crippen LogP contribution in [0, 0.1) is 5.92 Å². The van der Waals surface area contributed by atoms with Crippen LogP contribution < -0.4 is 5.32 Å². The SMILES string of the molecule is CCCC(CNC(=O)Cc1cn2ccsc2n1)C(=O)O. The molecule has 1 atom stereocenters. The summed E-state index contributed by atoms with van der Waals surface area (Å²) in [7, 11) is 0. The van der Waals surface area contributed by atoms with Gasteiger partial charge in [0.25, 0.3) is 0 Å². The van der Waals surface area contributed by atoms with Crippen molar-refractivity contribution < 1.29 is 14.7 Å². The Kier molecular flexibility index (Phi) is 4.73. The predicted octanol–water partition coefficient (Wildman–Crippen LogP) is 1.56. The number of carbonyl (C=O) groups is 2. The molecule has 2 aromatic rings. The van der Waals surface area contributed by atoms with Gasteiger partial charge < -0.3 is 10.4 Å². The average molecular weight is 295 g/mol. The minimum absolute atomic E-state index is 0.171. The number of aromatic nitrogens is 2. The molecule has 0 aliphatic carbocycles. The number of amides is 1. The number of carboxylic acid groups (broad SMARTS) is 1. The molecule has 1 unspecified atom stereocenters. The Morgan fingerprint density at radius 2 is 2.35 bits per heavy atom. The van der Waals surface area contributed by atoms with Gasteiger partial charge in [-0.2, -0.15) is 0 Å². The van der Waals surface area contributed by atoms with E-state index < -0.39 is 11.9 Å². The van der Waals surface area contributed by atoms with Crippen molar-refractivity contribution in [1.82, 2.24) is 14.7 Å². The second kappa shape index (κ2) is 6.51.